The number of nitrogens with one attached hydrogen (secondary N) is 1. The number of nitrogens with zero attached hydrogens (tertiary/aromatic N) is 1. The molecule has 5 heteroatoms. The number of hydrogen-bond donors (Lipinski definition) is 1. The lowest BCUT2D eigenvalue weighted by molar-refractivity contribution is -0.138. The molecule has 0 amide bonds. The van der Waals surface area contributed by atoms with E-state index in [0.29, 0.717) is 6.04 Å². The Kier molecular flexibility index (Phi) is 6.43. The van der Waals surface area contributed by atoms with E-state index in [2.05, 4.69) is 12.2 Å². The van der Waals surface area contributed by atoms with Gasteiger partial charge in [0.2, 0.25) is 0 Å². The number of rotatable bonds is 5. The van der Waals surface area contributed by atoms with Crippen LogP contribution in [0.1, 0.15) is 45.4 Å². The van der Waals surface area contributed by atoms with Gasteiger partial charge in [-0.2, -0.15) is 13.2 Å². The molecule has 1 N–H and O–H groups in total. The molecule has 2 unspecified atom stereocenters. The van der Waals surface area contributed by atoms with Crippen LogP contribution in [0.2, 0.25) is 0 Å². The monoisotopic (exact) mass is 266 g/mol. The molecule has 0 radical (unpaired) electrons. The summed E-state index contributed by atoms with van der Waals surface area (Å²) in [6.45, 7) is 3.04. The van der Waals surface area contributed by atoms with Gasteiger partial charge < -0.3 is 10.2 Å². The average molecular weight is 266 g/mol. The third kappa shape index (κ3) is 5.57. The van der Waals surface area contributed by atoms with Gasteiger partial charge in [0.05, 0.1) is 6.42 Å². The molecule has 0 aromatic carbocycles. The molecule has 0 aromatic rings. The fraction of sp³-hybridized carbons (Fsp3) is 1.00. The van der Waals surface area contributed by atoms with Crippen molar-refractivity contribution in [2.75, 3.05) is 20.1 Å². The Morgan fingerprint density at radius 2 is 1.83 bits per heavy atom. The molecule has 2 nitrogen and oxygen atoms in total. The molecule has 108 valence electrons. The van der Waals surface area contributed by atoms with Crippen molar-refractivity contribution < 1.29 is 13.2 Å². The maximum Gasteiger partial charge on any atom is 0.390 e. The van der Waals surface area contributed by atoms with Crippen LogP contribution in [-0.2, 0) is 0 Å². The Morgan fingerprint density at radius 3 is 2.44 bits per heavy atom. The van der Waals surface area contributed by atoms with Gasteiger partial charge in [-0.3, -0.25) is 0 Å². The summed E-state index contributed by atoms with van der Waals surface area (Å²) in [6, 6.07) is 0.588. The van der Waals surface area contributed by atoms with Gasteiger partial charge in [-0.1, -0.05) is 26.2 Å². The molecule has 1 rings (SSSR count). The van der Waals surface area contributed by atoms with Gasteiger partial charge in [-0.05, 0) is 26.4 Å². The van der Waals surface area contributed by atoms with E-state index in [9.17, 15) is 13.2 Å². The van der Waals surface area contributed by atoms with Gasteiger partial charge >= 0.3 is 6.18 Å². The van der Waals surface area contributed by atoms with Gasteiger partial charge in [0.15, 0.2) is 0 Å². The lowest BCUT2D eigenvalue weighted by Crippen LogP contribution is -2.48. The molecule has 18 heavy (non-hydrogen) atoms. The van der Waals surface area contributed by atoms with E-state index in [1.165, 1.54) is 12.8 Å². The SMILES string of the molecule is CCNC1CCCCCC1N(C)CCC(F)(F)F. The lowest BCUT2D eigenvalue weighted by Gasteiger charge is -2.34. The van der Waals surface area contributed by atoms with Gasteiger partial charge in [0, 0.05) is 18.6 Å². The zero-order chi connectivity index (χ0) is 13.6. The van der Waals surface area contributed by atoms with Crippen LogP contribution in [0.25, 0.3) is 0 Å². The predicted octanol–water partition coefficient (Wildman–Crippen LogP) is 3.18. The normalized spacial score (nSPS) is 26.3. The van der Waals surface area contributed by atoms with Crippen LogP contribution in [0.4, 0.5) is 13.2 Å². The first-order chi connectivity index (χ1) is 8.44. The van der Waals surface area contributed by atoms with Gasteiger partial charge in [0.25, 0.3) is 0 Å². The van der Waals surface area contributed by atoms with E-state index in [4.69, 9.17) is 0 Å². The van der Waals surface area contributed by atoms with Crippen molar-refractivity contribution in [2.24, 2.45) is 0 Å². The second-order valence-corrected chi connectivity index (χ2v) is 5.22. The van der Waals surface area contributed by atoms with Crippen molar-refractivity contribution in [1.29, 1.82) is 0 Å². The Bertz CT molecular complexity index is 231. The summed E-state index contributed by atoms with van der Waals surface area (Å²) in [5.41, 5.74) is 0. The van der Waals surface area contributed by atoms with Crippen molar-refractivity contribution in [3.8, 4) is 0 Å². The molecule has 0 heterocycles. The highest BCUT2D eigenvalue weighted by Crippen LogP contribution is 2.24. The molecule has 1 aliphatic rings. The van der Waals surface area contributed by atoms with Crippen LogP contribution in [0.5, 0.6) is 0 Å². The molecule has 1 fully saturated rings. The molecule has 0 spiro atoms. The molecule has 2 atom stereocenters. The van der Waals surface area contributed by atoms with Crippen LogP contribution in [0.15, 0.2) is 0 Å². The summed E-state index contributed by atoms with van der Waals surface area (Å²) in [5, 5.41) is 3.43. The maximum atomic E-state index is 12.3. The van der Waals surface area contributed by atoms with E-state index in [0.717, 1.165) is 25.8 Å². The molecule has 0 saturated heterocycles. The molecule has 1 aliphatic carbocycles. The smallest absolute Gasteiger partial charge is 0.313 e. The fourth-order valence-electron chi connectivity index (χ4n) is 2.78. The van der Waals surface area contributed by atoms with E-state index < -0.39 is 12.6 Å². The highest BCUT2D eigenvalue weighted by Gasteiger charge is 2.31. The molecule has 0 aliphatic heterocycles. The van der Waals surface area contributed by atoms with Crippen molar-refractivity contribution >= 4 is 0 Å². The summed E-state index contributed by atoms with van der Waals surface area (Å²) >= 11 is 0. The highest BCUT2D eigenvalue weighted by molar-refractivity contribution is 4.85. The van der Waals surface area contributed by atoms with Crippen molar-refractivity contribution in [3.05, 3.63) is 0 Å². The van der Waals surface area contributed by atoms with Crippen LogP contribution in [-0.4, -0.2) is 43.3 Å². The minimum atomic E-state index is -4.05. The quantitative estimate of drug-likeness (QED) is 0.769. The first-order valence-corrected chi connectivity index (χ1v) is 6.94. The van der Waals surface area contributed by atoms with Crippen molar-refractivity contribution in [2.45, 2.75) is 63.7 Å². The van der Waals surface area contributed by atoms with E-state index >= 15 is 0 Å². The Hall–Kier alpha value is -0.290. The first-order valence-electron chi connectivity index (χ1n) is 6.94. The number of likely N-dealkylation sites (N-methyl/N-ethyl adjacent to an activating group) is 2. The fourth-order valence-corrected chi connectivity index (χ4v) is 2.78. The topological polar surface area (TPSA) is 15.3 Å². The van der Waals surface area contributed by atoms with Crippen LogP contribution in [0, 0.1) is 0 Å². The Morgan fingerprint density at radius 1 is 1.17 bits per heavy atom. The predicted molar refractivity (Wildman–Crippen MR) is 67.6 cm³/mol. The van der Waals surface area contributed by atoms with E-state index in [1.54, 1.807) is 0 Å². The third-order valence-electron chi connectivity index (χ3n) is 3.76. The van der Waals surface area contributed by atoms with Crippen LogP contribution < -0.4 is 5.32 Å². The molecule has 1 saturated carbocycles. The minimum Gasteiger partial charge on any atom is -0.313 e. The average Bonchev–Trinajstić information content (AvgIpc) is 2.51. The number of hydrogen-bond acceptors (Lipinski definition) is 2. The lowest BCUT2D eigenvalue weighted by atomic mass is 10.0. The van der Waals surface area contributed by atoms with E-state index in [1.807, 2.05) is 11.9 Å². The standard InChI is InChI=1S/C13H25F3N2/c1-3-17-11-7-5-4-6-8-12(11)18(2)10-9-13(14,15)16/h11-12,17H,3-10H2,1-2H3. The Balaban J connectivity index is 2.52. The second-order valence-electron chi connectivity index (χ2n) is 5.22. The largest absolute Gasteiger partial charge is 0.390 e. The second kappa shape index (κ2) is 7.34. The van der Waals surface area contributed by atoms with Crippen LogP contribution >= 0.6 is 0 Å². The van der Waals surface area contributed by atoms with Crippen LogP contribution in [0.3, 0.4) is 0 Å². The summed E-state index contributed by atoms with van der Waals surface area (Å²) in [6.07, 6.45) is 0.835. The number of alkyl halides is 3. The van der Waals surface area contributed by atoms with Crippen molar-refractivity contribution in [3.63, 3.8) is 0 Å². The first kappa shape index (κ1) is 15.8. The molecule has 0 bridgehead atoms. The van der Waals surface area contributed by atoms with Gasteiger partial charge in [0.1, 0.15) is 0 Å². The zero-order valence-corrected chi connectivity index (χ0v) is 11.4. The molecular weight excluding hydrogens is 241 g/mol. The summed E-state index contributed by atoms with van der Waals surface area (Å²) in [7, 11) is 1.83. The Labute approximate surface area is 108 Å². The van der Waals surface area contributed by atoms with Gasteiger partial charge in [-0.25, -0.2) is 0 Å². The molecule has 0 aromatic heterocycles. The third-order valence-corrected chi connectivity index (χ3v) is 3.76. The van der Waals surface area contributed by atoms with Gasteiger partial charge in [-0.15, -0.1) is 0 Å². The highest BCUT2D eigenvalue weighted by atomic mass is 19.4. The summed E-state index contributed by atoms with van der Waals surface area (Å²) in [5.74, 6) is 0. The summed E-state index contributed by atoms with van der Waals surface area (Å²) < 4.78 is 36.8. The zero-order valence-electron chi connectivity index (χ0n) is 11.4. The van der Waals surface area contributed by atoms with Crippen molar-refractivity contribution in [1.82, 2.24) is 10.2 Å². The van der Waals surface area contributed by atoms with E-state index in [-0.39, 0.29) is 12.6 Å². The molecular formula is C13H25F3N2. The number of halogens is 3. The summed E-state index contributed by atoms with van der Waals surface area (Å²) in [4.78, 5) is 1.89. The maximum absolute atomic E-state index is 12.3. The minimum absolute atomic E-state index is 0.107.